The van der Waals surface area contributed by atoms with Gasteiger partial charge in [0.2, 0.25) is 5.91 Å². The Morgan fingerprint density at radius 3 is 2.41 bits per heavy atom. The van der Waals surface area contributed by atoms with Crippen LogP contribution in [0.15, 0.2) is 71.7 Å². The lowest BCUT2D eigenvalue weighted by Gasteiger charge is -2.19. The first-order valence-electron chi connectivity index (χ1n) is 12.5. The lowest BCUT2D eigenvalue weighted by atomic mass is 9.97. The predicted molar refractivity (Wildman–Crippen MR) is 156 cm³/mol. The van der Waals surface area contributed by atoms with E-state index in [1.165, 1.54) is 0 Å². The van der Waals surface area contributed by atoms with E-state index in [0.717, 1.165) is 22.2 Å². The van der Waals surface area contributed by atoms with Gasteiger partial charge in [-0.2, -0.15) is 0 Å². The molecule has 39 heavy (non-hydrogen) atoms. The van der Waals surface area contributed by atoms with Crippen LogP contribution in [0, 0.1) is 0 Å². The third-order valence-corrected chi connectivity index (χ3v) is 6.67. The van der Waals surface area contributed by atoms with E-state index < -0.39 is 5.97 Å². The topological polar surface area (TPSA) is 109 Å². The van der Waals surface area contributed by atoms with Gasteiger partial charge in [-0.25, -0.2) is 4.99 Å². The standard InChI is InChI=1S/C30H31ClN4O4/c1-34(2)16-15-26(36)35(3)23-11-9-22(10-12-23)32-29(20-6-4-5-19(17-20)7-14-27(37)38)28-24-13-8-21(31)18-25(24)33-30(28)39/h4-6,8-13,17-18,33,39H,7,14-16H2,1-3H3,(H,37,38). The Labute approximate surface area is 232 Å². The second-order valence-corrected chi connectivity index (χ2v) is 10.1. The molecule has 0 bridgehead atoms. The molecule has 0 radical (unpaired) electrons. The summed E-state index contributed by atoms with van der Waals surface area (Å²) in [5.74, 6) is -0.906. The zero-order valence-electron chi connectivity index (χ0n) is 22.1. The Bertz CT molecular complexity index is 1530. The third kappa shape index (κ3) is 6.85. The van der Waals surface area contributed by atoms with Crippen LogP contribution in [0.1, 0.15) is 29.5 Å². The van der Waals surface area contributed by atoms with E-state index in [2.05, 4.69) is 4.98 Å². The lowest BCUT2D eigenvalue weighted by Crippen LogP contribution is -2.29. The number of aromatic nitrogens is 1. The van der Waals surface area contributed by atoms with Crippen molar-refractivity contribution in [3.8, 4) is 5.88 Å². The average Bonchev–Trinajstić information content (AvgIpc) is 3.23. The first kappa shape index (κ1) is 27.9. The fourth-order valence-electron chi connectivity index (χ4n) is 4.30. The Kier molecular flexibility index (Phi) is 8.69. The first-order valence-corrected chi connectivity index (χ1v) is 12.9. The van der Waals surface area contributed by atoms with E-state index in [0.29, 0.717) is 46.9 Å². The van der Waals surface area contributed by atoms with Crippen molar-refractivity contribution >= 4 is 51.5 Å². The number of amides is 1. The highest BCUT2D eigenvalue weighted by Crippen LogP contribution is 2.33. The Morgan fingerprint density at radius 2 is 1.72 bits per heavy atom. The number of carboxylic acid groups (broad SMARTS) is 1. The van der Waals surface area contributed by atoms with Gasteiger partial charge in [0.15, 0.2) is 5.88 Å². The molecule has 0 unspecified atom stereocenters. The number of hydrogen-bond acceptors (Lipinski definition) is 5. The van der Waals surface area contributed by atoms with Crippen molar-refractivity contribution in [2.24, 2.45) is 4.99 Å². The molecule has 0 saturated carbocycles. The number of aromatic amines is 1. The highest BCUT2D eigenvalue weighted by Gasteiger charge is 2.20. The quantitative estimate of drug-likeness (QED) is 0.223. The molecule has 0 aliphatic rings. The van der Waals surface area contributed by atoms with Gasteiger partial charge in [-0.05, 0) is 68.5 Å². The number of benzene rings is 3. The summed E-state index contributed by atoms with van der Waals surface area (Å²) in [4.78, 5) is 35.2. The lowest BCUT2D eigenvalue weighted by molar-refractivity contribution is -0.137. The number of carbonyl (C=O) groups is 2. The molecule has 1 aromatic heterocycles. The molecule has 0 aliphatic heterocycles. The van der Waals surface area contributed by atoms with Crippen molar-refractivity contribution in [3.63, 3.8) is 0 Å². The number of nitrogens with one attached hydrogen (secondary N) is 1. The molecule has 4 rings (SSSR count). The predicted octanol–water partition coefficient (Wildman–Crippen LogP) is 5.63. The summed E-state index contributed by atoms with van der Waals surface area (Å²) < 4.78 is 0. The van der Waals surface area contributed by atoms with E-state index in [1.807, 2.05) is 73.6 Å². The van der Waals surface area contributed by atoms with Crippen molar-refractivity contribution in [2.75, 3.05) is 32.6 Å². The van der Waals surface area contributed by atoms with Gasteiger partial charge in [-0.1, -0.05) is 35.9 Å². The maximum Gasteiger partial charge on any atom is 0.303 e. The zero-order valence-corrected chi connectivity index (χ0v) is 22.9. The highest BCUT2D eigenvalue weighted by molar-refractivity contribution is 6.31. The van der Waals surface area contributed by atoms with Crippen LogP contribution < -0.4 is 4.90 Å². The van der Waals surface area contributed by atoms with Gasteiger partial charge in [0.05, 0.1) is 22.5 Å². The molecule has 4 aromatic rings. The number of hydrogen-bond donors (Lipinski definition) is 3. The maximum atomic E-state index is 12.6. The molecule has 1 amide bonds. The zero-order chi connectivity index (χ0) is 28.1. The minimum Gasteiger partial charge on any atom is -0.494 e. The molecule has 0 fully saturated rings. The minimum absolute atomic E-state index is 0.00894. The summed E-state index contributed by atoms with van der Waals surface area (Å²) in [6.07, 6.45) is 0.791. The summed E-state index contributed by atoms with van der Waals surface area (Å²) >= 11 is 6.18. The third-order valence-electron chi connectivity index (χ3n) is 6.43. The molecule has 3 aromatic carbocycles. The number of aryl methyl sites for hydroxylation is 1. The van der Waals surface area contributed by atoms with E-state index in [-0.39, 0.29) is 18.2 Å². The number of aromatic hydroxyl groups is 1. The number of rotatable bonds is 10. The first-order chi connectivity index (χ1) is 18.6. The number of H-pyrrole nitrogens is 1. The number of aliphatic carboxylic acids is 1. The average molecular weight is 547 g/mol. The SMILES string of the molecule is CN(C)CCC(=O)N(C)c1ccc(N=C(c2cccc(CCC(=O)O)c2)c2c(O)[nH]c3cc(Cl)ccc23)cc1. The molecular weight excluding hydrogens is 516 g/mol. The van der Waals surface area contributed by atoms with Crippen LogP contribution in [0.3, 0.4) is 0 Å². The van der Waals surface area contributed by atoms with Crippen molar-refractivity contribution < 1.29 is 19.8 Å². The fourth-order valence-corrected chi connectivity index (χ4v) is 4.47. The van der Waals surface area contributed by atoms with E-state index in [9.17, 15) is 14.7 Å². The van der Waals surface area contributed by atoms with Gasteiger partial charge < -0.3 is 25.0 Å². The smallest absolute Gasteiger partial charge is 0.303 e. The molecule has 9 heteroatoms. The minimum atomic E-state index is -0.870. The van der Waals surface area contributed by atoms with Crippen molar-refractivity contribution in [1.82, 2.24) is 9.88 Å². The number of carbonyl (C=O) groups excluding carboxylic acids is 1. The van der Waals surface area contributed by atoms with E-state index >= 15 is 0 Å². The van der Waals surface area contributed by atoms with Crippen molar-refractivity contribution in [2.45, 2.75) is 19.3 Å². The number of halogens is 1. The molecule has 0 spiro atoms. The summed E-state index contributed by atoms with van der Waals surface area (Å²) in [7, 11) is 5.61. The molecule has 0 atom stereocenters. The second-order valence-electron chi connectivity index (χ2n) is 9.62. The summed E-state index contributed by atoms with van der Waals surface area (Å²) in [6.45, 7) is 0.666. The molecule has 0 saturated heterocycles. The molecule has 1 heterocycles. The highest BCUT2D eigenvalue weighted by atomic mass is 35.5. The van der Waals surface area contributed by atoms with Crippen LogP contribution >= 0.6 is 11.6 Å². The largest absolute Gasteiger partial charge is 0.494 e. The van der Waals surface area contributed by atoms with Gasteiger partial charge in [-0.15, -0.1) is 0 Å². The van der Waals surface area contributed by atoms with Gasteiger partial charge in [0, 0.05) is 48.1 Å². The monoisotopic (exact) mass is 546 g/mol. The van der Waals surface area contributed by atoms with Gasteiger partial charge in [-0.3, -0.25) is 9.59 Å². The fraction of sp³-hybridized carbons (Fsp3) is 0.233. The number of nitrogens with zero attached hydrogens (tertiary/aromatic N) is 3. The molecular formula is C30H31ClN4O4. The molecule has 202 valence electrons. The van der Waals surface area contributed by atoms with E-state index in [1.54, 1.807) is 24.1 Å². The van der Waals surface area contributed by atoms with Crippen LogP contribution in [0.4, 0.5) is 11.4 Å². The number of aliphatic imine (C=N–C) groups is 1. The normalized spacial score (nSPS) is 11.8. The summed E-state index contributed by atoms with van der Waals surface area (Å²) in [5, 5.41) is 21.3. The maximum absolute atomic E-state index is 12.6. The summed E-state index contributed by atoms with van der Waals surface area (Å²) in [6, 6.07) is 20.1. The molecule has 3 N–H and O–H groups in total. The van der Waals surface area contributed by atoms with Crippen LogP contribution in [0.5, 0.6) is 5.88 Å². The molecule has 0 aliphatic carbocycles. The Morgan fingerprint density at radius 1 is 0.974 bits per heavy atom. The van der Waals surface area contributed by atoms with Crippen LogP contribution in [-0.2, 0) is 16.0 Å². The number of fused-ring (bicyclic) bond motifs is 1. The summed E-state index contributed by atoms with van der Waals surface area (Å²) in [5.41, 5.74) is 4.64. The van der Waals surface area contributed by atoms with Crippen LogP contribution in [-0.4, -0.2) is 65.4 Å². The second kappa shape index (κ2) is 12.1. The number of anilines is 1. The van der Waals surface area contributed by atoms with Gasteiger partial charge >= 0.3 is 5.97 Å². The Hall–Kier alpha value is -4.14. The Balaban J connectivity index is 1.75. The van der Waals surface area contributed by atoms with Crippen LogP contribution in [0.25, 0.3) is 10.9 Å². The van der Waals surface area contributed by atoms with Crippen LogP contribution in [0.2, 0.25) is 5.02 Å². The van der Waals surface area contributed by atoms with Crippen molar-refractivity contribution in [3.05, 3.63) is 88.4 Å². The van der Waals surface area contributed by atoms with Crippen molar-refractivity contribution in [1.29, 1.82) is 0 Å². The van der Waals surface area contributed by atoms with E-state index in [4.69, 9.17) is 21.7 Å². The van der Waals surface area contributed by atoms with Gasteiger partial charge in [0.1, 0.15) is 0 Å². The molecule has 8 nitrogen and oxygen atoms in total. The number of carboxylic acids is 1. The van der Waals surface area contributed by atoms with Gasteiger partial charge in [0.25, 0.3) is 0 Å².